The van der Waals surface area contributed by atoms with Gasteiger partial charge in [-0.1, -0.05) is 11.6 Å². The number of fused-ring (bicyclic) bond motifs is 5. The molecule has 4 atom stereocenters. The third-order valence-electron chi connectivity index (χ3n) is 5.04. The van der Waals surface area contributed by atoms with Crippen LogP contribution in [0.1, 0.15) is 19.3 Å². The van der Waals surface area contributed by atoms with Gasteiger partial charge in [0.2, 0.25) is 10.0 Å². The highest BCUT2D eigenvalue weighted by Gasteiger charge is 2.65. The van der Waals surface area contributed by atoms with Gasteiger partial charge in [0.15, 0.2) is 0 Å². The molecule has 0 saturated heterocycles. The highest BCUT2D eigenvalue weighted by Crippen LogP contribution is 2.65. The summed E-state index contributed by atoms with van der Waals surface area (Å²) in [5.41, 5.74) is 0. The molecule has 4 rings (SSSR count). The van der Waals surface area contributed by atoms with Crippen LogP contribution < -0.4 is 4.72 Å². The number of nitrogens with one attached hydrogen (secondary N) is 1. The van der Waals surface area contributed by atoms with E-state index in [-0.39, 0.29) is 10.9 Å². The Kier molecular flexibility index (Phi) is 2.51. The second kappa shape index (κ2) is 3.93. The minimum atomic E-state index is -3.45. The van der Waals surface area contributed by atoms with E-state index in [1.165, 1.54) is 37.6 Å². The standard InChI is InChI=1S/C13H15ClN2O2S/c14-10-4-3-9(6-15-10)19(17,18)16-13-11-7-1-2-8(5-7)12(11)13/h3-4,6-8,11-13,16H,1-2,5H2. The molecule has 0 spiro atoms. The van der Waals surface area contributed by atoms with Gasteiger partial charge in [-0.3, -0.25) is 0 Å². The van der Waals surface area contributed by atoms with E-state index in [2.05, 4.69) is 9.71 Å². The van der Waals surface area contributed by atoms with E-state index in [1.54, 1.807) is 0 Å². The summed E-state index contributed by atoms with van der Waals surface area (Å²) in [4.78, 5) is 4.04. The maximum atomic E-state index is 12.3. The van der Waals surface area contributed by atoms with Crippen LogP contribution in [0.3, 0.4) is 0 Å². The number of hydrogen-bond donors (Lipinski definition) is 1. The van der Waals surface area contributed by atoms with Crippen molar-refractivity contribution >= 4 is 21.6 Å². The summed E-state index contributed by atoms with van der Waals surface area (Å²) in [6.45, 7) is 0. The number of aromatic nitrogens is 1. The van der Waals surface area contributed by atoms with Gasteiger partial charge in [0.1, 0.15) is 10.0 Å². The molecule has 0 radical (unpaired) electrons. The fourth-order valence-corrected chi connectivity index (χ4v) is 5.61. The summed E-state index contributed by atoms with van der Waals surface area (Å²) < 4.78 is 27.4. The molecule has 2 bridgehead atoms. The van der Waals surface area contributed by atoms with E-state index in [1.807, 2.05) is 0 Å². The summed E-state index contributed by atoms with van der Waals surface area (Å²) >= 11 is 5.68. The first kappa shape index (κ1) is 12.1. The van der Waals surface area contributed by atoms with Gasteiger partial charge in [-0.05, 0) is 55.1 Å². The third-order valence-corrected chi connectivity index (χ3v) is 6.71. The molecule has 0 aromatic carbocycles. The van der Waals surface area contributed by atoms with E-state index < -0.39 is 10.0 Å². The minimum absolute atomic E-state index is 0.159. The number of halogens is 1. The lowest BCUT2D eigenvalue weighted by atomic mass is 10.0. The molecule has 102 valence electrons. The topological polar surface area (TPSA) is 59.1 Å². The van der Waals surface area contributed by atoms with Crippen LogP contribution in [0.2, 0.25) is 5.15 Å². The molecule has 3 fully saturated rings. The quantitative estimate of drug-likeness (QED) is 0.869. The summed E-state index contributed by atoms with van der Waals surface area (Å²) in [6, 6.07) is 3.17. The molecule has 0 amide bonds. The molecule has 1 N–H and O–H groups in total. The lowest BCUT2D eigenvalue weighted by Gasteiger charge is -2.11. The molecule has 3 saturated carbocycles. The molecule has 1 heterocycles. The Morgan fingerprint density at radius 1 is 1.21 bits per heavy atom. The van der Waals surface area contributed by atoms with E-state index in [4.69, 9.17) is 11.6 Å². The number of hydrogen-bond acceptors (Lipinski definition) is 3. The molecule has 4 unspecified atom stereocenters. The second-order valence-electron chi connectivity index (χ2n) is 5.95. The van der Waals surface area contributed by atoms with Crippen LogP contribution in [-0.2, 0) is 10.0 Å². The van der Waals surface area contributed by atoms with Crippen LogP contribution >= 0.6 is 11.6 Å². The van der Waals surface area contributed by atoms with Crippen molar-refractivity contribution in [1.29, 1.82) is 0 Å². The number of rotatable bonds is 3. The Labute approximate surface area is 117 Å². The van der Waals surface area contributed by atoms with Gasteiger partial charge in [0.25, 0.3) is 0 Å². The second-order valence-corrected chi connectivity index (χ2v) is 8.05. The Balaban J connectivity index is 1.53. The van der Waals surface area contributed by atoms with Gasteiger partial charge < -0.3 is 0 Å². The first-order chi connectivity index (χ1) is 9.06. The predicted molar refractivity (Wildman–Crippen MR) is 71.2 cm³/mol. The lowest BCUT2D eigenvalue weighted by Crippen LogP contribution is -2.30. The van der Waals surface area contributed by atoms with Gasteiger partial charge in [0, 0.05) is 12.2 Å². The van der Waals surface area contributed by atoms with Crippen molar-refractivity contribution in [2.75, 3.05) is 0 Å². The molecule has 1 aromatic heterocycles. The fraction of sp³-hybridized carbons (Fsp3) is 0.615. The molecule has 3 aliphatic carbocycles. The third kappa shape index (κ3) is 1.82. The summed E-state index contributed by atoms with van der Waals surface area (Å²) in [5, 5.41) is 0.306. The van der Waals surface area contributed by atoms with Crippen molar-refractivity contribution in [3.05, 3.63) is 23.5 Å². The SMILES string of the molecule is O=S(=O)(NC1C2C3CCC(C3)C12)c1ccc(Cl)nc1. The van der Waals surface area contributed by atoms with Crippen molar-refractivity contribution in [3.8, 4) is 0 Å². The first-order valence-electron chi connectivity index (χ1n) is 6.70. The highest BCUT2D eigenvalue weighted by atomic mass is 35.5. The first-order valence-corrected chi connectivity index (χ1v) is 8.56. The Morgan fingerprint density at radius 2 is 1.89 bits per heavy atom. The Hall–Kier alpha value is -0.650. The maximum Gasteiger partial charge on any atom is 0.242 e. The number of pyridine rings is 1. The normalized spacial score (nSPS) is 39.3. The molecule has 6 heteroatoms. The van der Waals surface area contributed by atoms with Crippen molar-refractivity contribution in [3.63, 3.8) is 0 Å². The van der Waals surface area contributed by atoms with Crippen LogP contribution in [0.15, 0.2) is 23.2 Å². The zero-order valence-electron chi connectivity index (χ0n) is 10.3. The van der Waals surface area contributed by atoms with Gasteiger partial charge in [-0.15, -0.1) is 0 Å². The van der Waals surface area contributed by atoms with Crippen LogP contribution in [-0.4, -0.2) is 19.4 Å². The van der Waals surface area contributed by atoms with Crippen LogP contribution in [0.5, 0.6) is 0 Å². The minimum Gasteiger partial charge on any atom is -0.243 e. The van der Waals surface area contributed by atoms with Gasteiger partial charge >= 0.3 is 0 Å². The maximum absolute atomic E-state index is 12.3. The molecule has 1 aromatic rings. The van der Waals surface area contributed by atoms with Gasteiger partial charge in [-0.2, -0.15) is 0 Å². The molecule has 19 heavy (non-hydrogen) atoms. The van der Waals surface area contributed by atoms with Crippen LogP contribution in [0, 0.1) is 23.7 Å². The summed E-state index contributed by atoms with van der Waals surface area (Å²) in [6.07, 6.45) is 5.20. The van der Waals surface area contributed by atoms with Gasteiger partial charge in [0.05, 0.1) is 0 Å². The molecule has 3 aliphatic rings. The Bertz CT molecular complexity index is 600. The lowest BCUT2D eigenvalue weighted by molar-refractivity contribution is 0.456. The van der Waals surface area contributed by atoms with E-state index >= 15 is 0 Å². The van der Waals surface area contributed by atoms with E-state index in [9.17, 15) is 8.42 Å². The number of nitrogens with zero attached hydrogens (tertiary/aromatic N) is 1. The smallest absolute Gasteiger partial charge is 0.242 e. The predicted octanol–water partition coefficient (Wildman–Crippen LogP) is 2.06. The number of sulfonamides is 1. The molecular weight excluding hydrogens is 284 g/mol. The monoisotopic (exact) mass is 298 g/mol. The fourth-order valence-electron chi connectivity index (χ4n) is 4.25. The molecule has 0 aliphatic heterocycles. The Morgan fingerprint density at radius 3 is 2.47 bits per heavy atom. The van der Waals surface area contributed by atoms with Crippen molar-refractivity contribution in [2.45, 2.75) is 30.2 Å². The molecular formula is C13H15ClN2O2S. The molecule has 4 nitrogen and oxygen atoms in total. The summed E-state index contributed by atoms with van der Waals surface area (Å²) in [5.74, 6) is 2.69. The van der Waals surface area contributed by atoms with Crippen LogP contribution in [0.25, 0.3) is 0 Å². The average molecular weight is 299 g/mol. The van der Waals surface area contributed by atoms with E-state index in [0.717, 1.165) is 11.8 Å². The van der Waals surface area contributed by atoms with Crippen molar-refractivity contribution in [2.24, 2.45) is 23.7 Å². The summed E-state index contributed by atoms with van der Waals surface area (Å²) in [7, 11) is -3.45. The zero-order chi connectivity index (χ0) is 13.2. The highest BCUT2D eigenvalue weighted by molar-refractivity contribution is 7.89. The van der Waals surface area contributed by atoms with Crippen molar-refractivity contribution < 1.29 is 8.42 Å². The largest absolute Gasteiger partial charge is 0.243 e. The van der Waals surface area contributed by atoms with Gasteiger partial charge in [-0.25, -0.2) is 18.1 Å². The van der Waals surface area contributed by atoms with Crippen LogP contribution in [0.4, 0.5) is 0 Å². The van der Waals surface area contributed by atoms with E-state index in [0.29, 0.717) is 17.0 Å². The zero-order valence-corrected chi connectivity index (χ0v) is 11.9. The van der Waals surface area contributed by atoms with Crippen molar-refractivity contribution in [1.82, 2.24) is 9.71 Å². The average Bonchev–Trinajstić information content (AvgIpc) is 2.78.